The van der Waals surface area contributed by atoms with Gasteiger partial charge in [-0.3, -0.25) is 4.79 Å². The first-order chi connectivity index (χ1) is 10.1. The highest BCUT2D eigenvalue weighted by molar-refractivity contribution is 5.94. The average molecular weight is 291 g/mol. The predicted octanol–water partition coefficient (Wildman–Crippen LogP) is 3.52. The van der Waals surface area contributed by atoms with Crippen LogP contribution in [0.15, 0.2) is 18.2 Å². The van der Waals surface area contributed by atoms with Crippen molar-refractivity contribution < 1.29 is 13.6 Å². The summed E-state index contributed by atoms with van der Waals surface area (Å²) in [6.45, 7) is 0. The number of amides is 1. The number of halogens is 2. The van der Waals surface area contributed by atoms with Gasteiger partial charge in [-0.2, -0.15) is 0 Å². The number of carbonyl (C=O) groups excluding carboxylic acids is 1. The zero-order valence-corrected chi connectivity index (χ0v) is 11.8. The summed E-state index contributed by atoms with van der Waals surface area (Å²) >= 11 is 0. The number of nitrogens with one attached hydrogen (secondary N) is 1. The monoisotopic (exact) mass is 291 g/mol. The van der Waals surface area contributed by atoms with Crippen molar-refractivity contribution in [3.05, 3.63) is 35.4 Å². The second-order valence-electron chi connectivity index (χ2n) is 7.06. The van der Waals surface area contributed by atoms with E-state index in [9.17, 15) is 13.6 Å². The Kier molecular flexibility index (Phi) is 3.02. The highest BCUT2D eigenvalue weighted by atomic mass is 19.2. The fraction of sp³-hybridized carbons (Fsp3) is 0.588. The number of hydrogen-bond donors (Lipinski definition) is 1. The third-order valence-corrected chi connectivity index (χ3v) is 5.71. The molecule has 21 heavy (non-hydrogen) atoms. The van der Waals surface area contributed by atoms with E-state index in [4.69, 9.17) is 0 Å². The molecule has 112 valence electrons. The first-order valence-corrected chi connectivity index (χ1v) is 7.86. The Morgan fingerprint density at radius 2 is 1.57 bits per heavy atom. The summed E-state index contributed by atoms with van der Waals surface area (Å²) in [7, 11) is 0. The molecule has 4 aliphatic carbocycles. The van der Waals surface area contributed by atoms with Gasteiger partial charge in [0.25, 0.3) is 5.91 Å². The molecule has 4 aliphatic rings. The molecule has 0 aliphatic heterocycles. The van der Waals surface area contributed by atoms with Crippen LogP contribution in [0.25, 0.3) is 0 Å². The molecule has 0 radical (unpaired) electrons. The molecule has 1 N–H and O–H groups in total. The molecule has 0 aromatic heterocycles. The van der Waals surface area contributed by atoms with Gasteiger partial charge in [-0.15, -0.1) is 0 Å². The third-order valence-electron chi connectivity index (χ3n) is 5.71. The van der Waals surface area contributed by atoms with Gasteiger partial charge in [0.2, 0.25) is 0 Å². The van der Waals surface area contributed by atoms with Crippen molar-refractivity contribution in [2.24, 2.45) is 23.7 Å². The smallest absolute Gasteiger partial charge is 0.251 e. The van der Waals surface area contributed by atoms with E-state index < -0.39 is 11.6 Å². The third kappa shape index (κ3) is 2.25. The molecule has 4 heteroatoms. The molecule has 5 rings (SSSR count). The van der Waals surface area contributed by atoms with Crippen molar-refractivity contribution in [3.63, 3.8) is 0 Å². The van der Waals surface area contributed by atoms with Gasteiger partial charge in [-0.05, 0) is 74.0 Å². The zero-order valence-electron chi connectivity index (χ0n) is 11.8. The lowest BCUT2D eigenvalue weighted by atomic mass is 9.54. The maximum absolute atomic E-state index is 13.3. The maximum Gasteiger partial charge on any atom is 0.251 e. The Hall–Kier alpha value is -1.45. The van der Waals surface area contributed by atoms with Gasteiger partial charge in [-0.25, -0.2) is 8.78 Å². The minimum Gasteiger partial charge on any atom is -0.349 e. The normalized spacial score (nSPS) is 36.8. The topological polar surface area (TPSA) is 29.1 Å². The van der Waals surface area contributed by atoms with Crippen LogP contribution in [0.4, 0.5) is 8.78 Å². The highest BCUT2D eigenvalue weighted by Gasteiger charge is 2.48. The Morgan fingerprint density at radius 1 is 0.952 bits per heavy atom. The maximum atomic E-state index is 13.3. The van der Waals surface area contributed by atoms with E-state index in [0.29, 0.717) is 11.8 Å². The first kappa shape index (κ1) is 13.2. The number of hydrogen-bond acceptors (Lipinski definition) is 1. The molecule has 0 saturated heterocycles. The summed E-state index contributed by atoms with van der Waals surface area (Å²) in [5, 5.41) is 3.10. The van der Waals surface area contributed by atoms with Crippen LogP contribution in [-0.2, 0) is 0 Å². The molecular weight excluding hydrogens is 272 g/mol. The standard InChI is InChI=1S/C17H19F2NO/c18-14-2-1-11(8-15(14)19)17(21)20-16-12-4-9-3-10(6-12)7-13(16)5-9/h1-2,8-10,12-13,16H,3-7H2,(H,20,21). The number of rotatable bonds is 2. The van der Waals surface area contributed by atoms with Crippen LogP contribution >= 0.6 is 0 Å². The summed E-state index contributed by atoms with van der Waals surface area (Å²) in [5.41, 5.74) is 0.211. The molecule has 0 unspecified atom stereocenters. The number of carbonyl (C=O) groups is 1. The average Bonchev–Trinajstić information content (AvgIpc) is 2.45. The van der Waals surface area contributed by atoms with E-state index in [1.165, 1.54) is 38.2 Å². The van der Waals surface area contributed by atoms with Crippen LogP contribution in [0.2, 0.25) is 0 Å². The predicted molar refractivity (Wildman–Crippen MR) is 74.7 cm³/mol. The second-order valence-corrected chi connectivity index (χ2v) is 7.06. The van der Waals surface area contributed by atoms with Gasteiger partial charge >= 0.3 is 0 Å². The lowest BCUT2D eigenvalue weighted by Gasteiger charge is -2.54. The van der Waals surface area contributed by atoms with Gasteiger partial charge in [-0.1, -0.05) is 0 Å². The van der Waals surface area contributed by atoms with E-state index in [1.807, 2.05) is 0 Å². The molecular formula is C17H19F2NO. The molecule has 1 aromatic carbocycles. The van der Waals surface area contributed by atoms with Gasteiger partial charge in [0.1, 0.15) is 0 Å². The summed E-state index contributed by atoms with van der Waals surface area (Å²) in [4.78, 5) is 12.3. The molecule has 0 heterocycles. The molecule has 4 saturated carbocycles. The molecule has 0 spiro atoms. The van der Waals surface area contributed by atoms with E-state index in [2.05, 4.69) is 5.32 Å². The summed E-state index contributed by atoms with van der Waals surface area (Å²) in [6.07, 6.45) is 6.24. The van der Waals surface area contributed by atoms with Crippen LogP contribution < -0.4 is 5.32 Å². The molecule has 1 aromatic rings. The summed E-state index contributed by atoms with van der Waals surface area (Å²) < 4.78 is 26.2. The quantitative estimate of drug-likeness (QED) is 0.887. The Bertz CT molecular complexity index is 558. The number of benzene rings is 1. The fourth-order valence-corrected chi connectivity index (χ4v) is 5.03. The van der Waals surface area contributed by atoms with Crippen LogP contribution in [0.5, 0.6) is 0 Å². The highest BCUT2D eigenvalue weighted by Crippen LogP contribution is 2.53. The largest absolute Gasteiger partial charge is 0.349 e. The van der Waals surface area contributed by atoms with E-state index in [0.717, 1.165) is 24.0 Å². The Balaban J connectivity index is 1.50. The van der Waals surface area contributed by atoms with Crippen molar-refractivity contribution in [2.75, 3.05) is 0 Å². The van der Waals surface area contributed by atoms with Gasteiger partial charge in [0, 0.05) is 11.6 Å². The van der Waals surface area contributed by atoms with Crippen LogP contribution in [0.1, 0.15) is 42.5 Å². The van der Waals surface area contributed by atoms with Crippen LogP contribution in [0, 0.1) is 35.3 Å². The molecule has 0 atom stereocenters. The molecule has 1 amide bonds. The first-order valence-electron chi connectivity index (χ1n) is 7.86. The van der Waals surface area contributed by atoms with Gasteiger partial charge in [0.05, 0.1) is 0 Å². The Morgan fingerprint density at radius 3 is 2.14 bits per heavy atom. The van der Waals surface area contributed by atoms with E-state index >= 15 is 0 Å². The lowest BCUT2D eigenvalue weighted by molar-refractivity contribution is -0.0119. The SMILES string of the molecule is O=C(NC1C2CC3CC(C2)CC1C3)c1ccc(F)c(F)c1. The Labute approximate surface area is 122 Å². The molecule has 4 bridgehead atoms. The lowest BCUT2D eigenvalue weighted by Crippen LogP contribution is -2.55. The minimum atomic E-state index is -0.965. The van der Waals surface area contributed by atoms with Crippen molar-refractivity contribution >= 4 is 5.91 Å². The van der Waals surface area contributed by atoms with Crippen LogP contribution in [0.3, 0.4) is 0 Å². The zero-order chi connectivity index (χ0) is 14.6. The van der Waals surface area contributed by atoms with Crippen molar-refractivity contribution in [1.82, 2.24) is 5.32 Å². The van der Waals surface area contributed by atoms with Crippen molar-refractivity contribution in [3.8, 4) is 0 Å². The van der Waals surface area contributed by atoms with Crippen LogP contribution in [-0.4, -0.2) is 11.9 Å². The molecule has 2 nitrogen and oxygen atoms in total. The van der Waals surface area contributed by atoms with Gasteiger partial charge < -0.3 is 5.32 Å². The van der Waals surface area contributed by atoms with Gasteiger partial charge in [0.15, 0.2) is 11.6 Å². The second kappa shape index (κ2) is 4.79. The summed E-state index contributed by atoms with van der Waals surface area (Å²) in [6, 6.07) is 3.57. The fourth-order valence-electron chi connectivity index (χ4n) is 5.03. The summed E-state index contributed by atoms with van der Waals surface area (Å²) in [5.74, 6) is 0.708. The van der Waals surface area contributed by atoms with Crippen molar-refractivity contribution in [2.45, 2.75) is 38.1 Å². The molecule has 4 fully saturated rings. The van der Waals surface area contributed by atoms with E-state index in [-0.39, 0.29) is 17.5 Å². The van der Waals surface area contributed by atoms with Crippen molar-refractivity contribution in [1.29, 1.82) is 0 Å². The van der Waals surface area contributed by atoms with E-state index in [1.54, 1.807) is 0 Å². The minimum absolute atomic E-state index is 0.211.